The third-order valence-corrected chi connectivity index (χ3v) is 4.72. The van der Waals surface area contributed by atoms with E-state index in [1.54, 1.807) is 19.2 Å². The van der Waals surface area contributed by atoms with E-state index in [9.17, 15) is 9.90 Å². The number of rotatable bonds is 5. The number of likely N-dealkylation sites (tertiary alicyclic amines) is 1. The van der Waals surface area contributed by atoms with Crippen molar-refractivity contribution < 1.29 is 28.6 Å². The Kier molecular flexibility index (Phi) is 4.48. The quantitative estimate of drug-likeness (QED) is 0.848. The van der Waals surface area contributed by atoms with Crippen LogP contribution in [-0.2, 0) is 16.1 Å². The van der Waals surface area contributed by atoms with Gasteiger partial charge in [-0.15, -0.1) is 0 Å². The van der Waals surface area contributed by atoms with Gasteiger partial charge in [-0.1, -0.05) is 5.16 Å². The van der Waals surface area contributed by atoms with Gasteiger partial charge >= 0.3 is 5.97 Å². The van der Waals surface area contributed by atoms with Gasteiger partial charge in [-0.05, 0) is 31.0 Å². The van der Waals surface area contributed by atoms with Gasteiger partial charge in [-0.2, -0.15) is 4.98 Å². The molecule has 1 N–H and O–H groups in total. The van der Waals surface area contributed by atoms with Crippen molar-refractivity contribution in [1.29, 1.82) is 0 Å². The number of aromatic nitrogens is 2. The Morgan fingerprint density at radius 2 is 2.23 bits per heavy atom. The maximum atomic E-state index is 11.6. The zero-order valence-corrected chi connectivity index (χ0v) is 14.3. The summed E-state index contributed by atoms with van der Waals surface area (Å²) in [7, 11) is 1.61. The van der Waals surface area contributed by atoms with Crippen LogP contribution < -0.4 is 9.47 Å². The molecule has 9 heteroatoms. The highest BCUT2D eigenvalue weighted by atomic mass is 16.7. The molecule has 0 saturated carbocycles. The molecule has 3 heterocycles. The number of carboxylic acid groups (broad SMARTS) is 1. The molecular weight excluding hydrogens is 342 g/mol. The van der Waals surface area contributed by atoms with E-state index in [0.29, 0.717) is 36.2 Å². The second-order valence-electron chi connectivity index (χ2n) is 6.29. The lowest BCUT2D eigenvalue weighted by molar-refractivity contribution is -0.147. The van der Waals surface area contributed by atoms with Crippen LogP contribution in [0.3, 0.4) is 0 Å². The van der Waals surface area contributed by atoms with E-state index in [1.807, 2.05) is 11.0 Å². The third kappa shape index (κ3) is 3.23. The molecule has 138 valence electrons. The molecule has 0 spiro atoms. The SMILES string of the molecule is COC1CCN(Cc2nc(-c3ccc4c(c3)OCO4)no2)C(C(=O)O)C1. The topological polar surface area (TPSA) is 107 Å². The molecule has 1 fully saturated rings. The molecule has 4 rings (SSSR count). The maximum absolute atomic E-state index is 11.6. The number of piperidine rings is 1. The van der Waals surface area contributed by atoms with Crippen LogP contribution in [0.2, 0.25) is 0 Å². The van der Waals surface area contributed by atoms with Gasteiger partial charge in [0.05, 0.1) is 12.6 Å². The largest absolute Gasteiger partial charge is 0.480 e. The first-order chi connectivity index (χ1) is 12.6. The lowest BCUT2D eigenvalue weighted by atomic mass is 9.99. The van der Waals surface area contributed by atoms with Gasteiger partial charge in [0.15, 0.2) is 11.5 Å². The molecule has 9 nitrogen and oxygen atoms in total. The zero-order valence-electron chi connectivity index (χ0n) is 14.3. The minimum Gasteiger partial charge on any atom is -0.480 e. The van der Waals surface area contributed by atoms with Crippen LogP contribution >= 0.6 is 0 Å². The van der Waals surface area contributed by atoms with Gasteiger partial charge in [0, 0.05) is 19.2 Å². The summed E-state index contributed by atoms with van der Waals surface area (Å²) in [6, 6.07) is 4.78. The molecule has 0 bridgehead atoms. The van der Waals surface area contributed by atoms with Crippen LogP contribution in [0.25, 0.3) is 11.4 Å². The first kappa shape index (κ1) is 16.8. The van der Waals surface area contributed by atoms with E-state index in [2.05, 4.69) is 10.1 Å². The molecule has 2 unspecified atom stereocenters. The number of carbonyl (C=O) groups is 1. The molecule has 1 aromatic carbocycles. The molecule has 2 atom stereocenters. The fourth-order valence-corrected chi connectivity index (χ4v) is 3.29. The Bertz CT molecular complexity index is 808. The number of methoxy groups -OCH3 is 1. The van der Waals surface area contributed by atoms with Crippen LogP contribution in [-0.4, -0.2) is 58.7 Å². The summed E-state index contributed by atoms with van der Waals surface area (Å²) in [5.41, 5.74) is 0.747. The van der Waals surface area contributed by atoms with E-state index in [4.69, 9.17) is 18.7 Å². The van der Waals surface area contributed by atoms with E-state index >= 15 is 0 Å². The predicted molar refractivity (Wildman–Crippen MR) is 87.7 cm³/mol. The van der Waals surface area contributed by atoms with Gasteiger partial charge in [0.1, 0.15) is 6.04 Å². The van der Waals surface area contributed by atoms with E-state index < -0.39 is 12.0 Å². The number of aliphatic carboxylic acids is 1. The highest BCUT2D eigenvalue weighted by Gasteiger charge is 2.34. The van der Waals surface area contributed by atoms with Crippen LogP contribution in [0.1, 0.15) is 18.7 Å². The molecule has 2 aliphatic heterocycles. The van der Waals surface area contributed by atoms with E-state index in [1.165, 1.54) is 0 Å². The van der Waals surface area contributed by atoms with Crippen molar-refractivity contribution in [3.05, 3.63) is 24.1 Å². The molecule has 2 aromatic rings. The summed E-state index contributed by atoms with van der Waals surface area (Å²) in [5.74, 6) is 1.25. The van der Waals surface area contributed by atoms with Crippen LogP contribution in [0.5, 0.6) is 11.5 Å². The van der Waals surface area contributed by atoms with Crippen molar-refractivity contribution >= 4 is 5.97 Å². The van der Waals surface area contributed by atoms with Gasteiger partial charge in [0.25, 0.3) is 0 Å². The Morgan fingerprint density at radius 1 is 1.38 bits per heavy atom. The molecular formula is C17H19N3O6. The van der Waals surface area contributed by atoms with E-state index in [0.717, 1.165) is 12.0 Å². The number of hydrogen-bond acceptors (Lipinski definition) is 8. The summed E-state index contributed by atoms with van der Waals surface area (Å²) in [4.78, 5) is 17.8. The summed E-state index contributed by atoms with van der Waals surface area (Å²) in [6.07, 6.45) is 1.16. The van der Waals surface area contributed by atoms with Crippen molar-refractivity contribution in [2.45, 2.75) is 31.5 Å². The molecule has 0 aliphatic carbocycles. The lowest BCUT2D eigenvalue weighted by Gasteiger charge is -2.35. The minimum absolute atomic E-state index is 0.0424. The monoisotopic (exact) mass is 361 g/mol. The average Bonchev–Trinajstić information content (AvgIpc) is 3.30. The molecule has 1 aromatic heterocycles. The number of fused-ring (bicyclic) bond motifs is 1. The normalized spacial score (nSPS) is 22.5. The van der Waals surface area contributed by atoms with E-state index in [-0.39, 0.29) is 19.4 Å². The average molecular weight is 361 g/mol. The number of ether oxygens (including phenoxy) is 3. The fraction of sp³-hybridized carbons (Fsp3) is 0.471. The van der Waals surface area contributed by atoms with Crippen molar-refractivity contribution in [3.8, 4) is 22.9 Å². The van der Waals surface area contributed by atoms with Gasteiger partial charge < -0.3 is 23.8 Å². The molecule has 0 radical (unpaired) electrons. The predicted octanol–water partition coefficient (Wildman–Crippen LogP) is 1.53. The van der Waals surface area contributed by atoms with Gasteiger partial charge in [-0.25, -0.2) is 0 Å². The zero-order chi connectivity index (χ0) is 18.1. The number of hydrogen-bond donors (Lipinski definition) is 1. The van der Waals surface area contributed by atoms with Gasteiger partial charge in [0.2, 0.25) is 18.5 Å². The second kappa shape index (κ2) is 6.93. The number of nitrogens with zero attached hydrogens (tertiary/aromatic N) is 3. The Labute approximate surface area is 149 Å². The minimum atomic E-state index is -0.873. The molecule has 26 heavy (non-hydrogen) atoms. The Balaban J connectivity index is 1.49. The smallest absolute Gasteiger partial charge is 0.321 e. The fourth-order valence-electron chi connectivity index (χ4n) is 3.29. The highest BCUT2D eigenvalue weighted by Crippen LogP contribution is 2.35. The number of benzene rings is 1. The van der Waals surface area contributed by atoms with Crippen molar-refractivity contribution in [1.82, 2.24) is 15.0 Å². The van der Waals surface area contributed by atoms with Crippen molar-refractivity contribution in [2.24, 2.45) is 0 Å². The maximum Gasteiger partial charge on any atom is 0.321 e. The van der Waals surface area contributed by atoms with Gasteiger partial charge in [-0.3, -0.25) is 9.69 Å². The molecule has 2 aliphatic rings. The second-order valence-corrected chi connectivity index (χ2v) is 6.29. The lowest BCUT2D eigenvalue weighted by Crippen LogP contribution is -2.48. The van der Waals surface area contributed by atoms with Crippen LogP contribution in [0.4, 0.5) is 0 Å². The summed E-state index contributed by atoms with van der Waals surface area (Å²) in [6.45, 7) is 1.08. The first-order valence-corrected chi connectivity index (χ1v) is 8.36. The summed E-state index contributed by atoms with van der Waals surface area (Å²) >= 11 is 0. The molecule has 0 amide bonds. The number of carboxylic acids is 1. The third-order valence-electron chi connectivity index (χ3n) is 4.72. The first-order valence-electron chi connectivity index (χ1n) is 8.36. The Hall–Kier alpha value is -2.65. The van der Waals surface area contributed by atoms with Crippen LogP contribution in [0.15, 0.2) is 22.7 Å². The highest BCUT2D eigenvalue weighted by molar-refractivity contribution is 5.73. The summed E-state index contributed by atoms with van der Waals surface area (Å²) < 4.78 is 21.3. The Morgan fingerprint density at radius 3 is 3.04 bits per heavy atom. The van der Waals surface area contributed by atoms with Crippen molar-refractivity contribution in [2.75, 3.05) is 20.4 Å². The molecule has 1 saturated heterocycles. The van der Waals surface area contributed by atoms with Crippen molar-refractivity contribution in [3.63, 3.8) is 0 Å². The standard InChI is InChI=1S/C17H19N3O6/c1-23-11-4-5-20(12(7-11)17(21)22)8-15-18-16(19-26-15)10-2-3-13-14(6-10)25-9-24-13/h2-3,6,11-12H,4-5,7-9H2,1H3,(H,21,22). The van der Waals surface area contributed by atoms with Crippen LogP contribution in [0, 0.1) is 0 Å². The summed E-state index contributed by atoms with van der Waals surface area (Å²) in [5, 5.41) is 13.5.